The molecule has 0 aromatic carbocycles. The molecule has 0 aromatic heterocycles. The lowest BCUT2D eigenvalue weighted by molar-refractivity contribution is -0.137. The maximum atomic E-state index is 10.6. The molecule has 5 saturated carbocycles. The number of carboxylic acids is 1. The summed E-state index contributed by atoms with van der Waals surface area (Å²) in [6.45, 7) is 2.37. The highest BCUT2D eigenvalue weighted by Crippen LogP contribution is 2.61. The largest absolute Gasteiger partial charge is 0.481 e. The Morgan fingerprint density at radius 2 is 1.04 bits per heavy atom. The number of carboxylic acid groups (broad SMARTS) is 1. The van der Waals surface area contributed by atoms with Gasteiger partial charge in [0, 0.05) is 6.42 Å². The molecule has 27 heavy (non-hydrogen) atoms. The first-order valence-corrected chi connectivity index (χ1v) is 12.3. The van der Waals surface area contributed by atoms with Gasteiger partial charge in [-0.1, -0.05) is 13.3 Å². The molecule has 0 bridgehead atoms. The van der Waals surface area contributed by atoms with Gasteiger partial charge in [-0.15, -0.1) is 0 Å². The van der Waals surface area contributed by atoms with E-state index in [1.165, 1.54) is 32.1 Å². The molecule has 0 saturated heterocycles. The van der Waals surface area contributed by atoms with Crippen LogP contribution in [0.3, 0.4) is 0 Å². The summed E-state index contributed by atoms with van der Waals surface area (Å²) in [7, 11) is 0. The molecule has 2 nitrogen and oxygen atoms in total. The molecule has 0 aromatic rings. The van der Waals surface area contributed by atoms with Gasteiger partial charge in [0.25, 0.3) is 0 Å². The lowest BCUT2D eigenvalue weighted by Gasteiger charge is -2.02. The van der Waals surface area contributed by atoms with Crippen LogP contribution in [0.2, 0.25) is 0 Å². The van der Waals surface area contributed by atoms with Gasteiger partial charge in [-0.3, -0.25) is 4.79 Å². The third-order valence-corrected chi connectivity index (χ3v) is 9.26. The predicted octanol–water partition coefficient (Wildman–Crippen LogP) is 6.39. The summed E-state index contributed by atoms with van der Waals surface area (Å²) in [4.78, 5) is 10.6. The molecule has 0 radical (unpaired) electrons. The lowest BCUT2D eigenvalue weighted by atomic mass is 10.0. The number of hydrogen-bond acceptors (Lipinski definition) is 1. The van der Waals surface area contributed by atoms with E-state index < -0.39 is 5.97 Å². The Labute approximate surface area is 165 Å². The van der Waals surface area contributed by atoms with E-state index >= 15 is 0 Å². The van der Waals surface area contributed by atoms with Crippen LogP contribution >= 0.6 is 0 Å². The molecule has 5 fully saturated rings. The van der Waals surface area contributed by atoms with E-state index in [0.29, 0.717) is 6.42 Å². The molecule has 5 aliphatic carbocycles. The van der Waals surface area contributed by atoms with Crippen LogP contribution in [0.25, 0.3) is 0 Å². The standard InChI is InChI=1S/C25H40O2/c1-2-15-6-17(15)8-19-10-21(19)12-23-14-24(23)13-22-11-20(22)9-18-7-16(18)4-3-5-25(26)27/h15-24H,2-14H2,1H3,(H,26,27). The molecule has 5 rings (SSSR count). The van der Waals surface area contributed by atoms with Gasteiger partial charge in [0.2, 0.25) is 0 Å². The fraction of sp³-hybridized carbons (Fsp3) is 0.960. The van der Waals surface area contributed by atoms with Gasteiger partial charge in [0.1, 0.15) is 0 Å². The second kappa shape index (κ2) is 7.38. The normalized spacial score (nSPS) is 48.9. The Bertz CT molecular complexity index is 557. The number of rotatable bonds is 13. The minimum Gasteiger partial charge on any atom is -0.481 e. The first-order chi connectivity index (χ1) is 13.1. The average Bonchev–Trinajstić information content (AvgIpc) is 3.42. The molecule has 10 atom stereocenters. The van der Waals surface area contributed by atoms with E-state index in [1.54, 1.807) is 38.5 Å². The summed E-state index contributed by atoms with van der Waals surface area (Å²) >= 11 is 0. The van der Waals surface area contributed by atoms with E-state index in [-0.39, 0.29) is 0 Å². The molecule has 10 unspecified atom stereocenters. The molecule has 0 aliphatic heterocycles. The topological polar surface area (TPSA) is 37.3 Å². The zero-order valence-corrected chi connectivity index (χ0v) is 17.3. The highest BCUT2D eigenvalue weighted by Gasteiger charge is 2.51. The Kier molecular flexibility index (Phi) is 5.05. The zero-order valence-electron chi connectivity index (χ0n) is 17.3. The zero-order chi connectivity index (χ0) is 18.5. The summed E-state index contributed by atoms with van der Waals surface area (Å²) < 4.78 is 0. The lowest BCUT2D eigenvalue weighted by Crippen LogP contribution is -1.95. The van der Waals surface area contributed by atoms with E-state index in [0.717, 1.165) is 65.6 Å². The van der Waals surface area contributed by atoms with E-state index in [9.17, 15) is 4.79 Å². The maximum Gasteiger partial charge on any atom is 0.303 e. The maximum absolute atomic E-state index is 10.6. The van der Waals surface area contributed by atoms with Crippen molar-refractivity contribution in [2.24, 2.45) is 59.2 Å². The van der Waals surface area contributed by atoms with Gasteiger partial charge in [-0.25, -0.2) is 0 Å². The highest BCUT2D eigenvalue weighted by molar-refractivity contribution is 5.66. The Hall–Kier alpha value is -0.530. The van der Waals surface area contributed by atoms with Crippen LogP contribution in [0.15, 0.2) is 0 Å². The molecule has 5 aliphatic rings. The van der Waals surface area contributed by atoms with Crippen LogP contribution < -0.4 is 0 Å². The number of carbonyl (C=O) groups is 1. The SMILES string of the molecule is CCC1CC1CC1CC1CC1CC1CC1CC1CC1CC1CCCC(=O)O. The number of hydrogen-bond donors (Lipinski definition) is 1. The second-order valence-electron chi connectivity index (χ2n) is 11.4. The van der Waals surface area contributed by atoms with Crippen LogP contribution in [0, 0.1) is 59.2 Å². The minimum absolute atomic E-state index is 0.375. The first-order valence-electron chi connectivity index (χ1n) is 12.3. The van der Waals surface area contributed by atoms with Crippen LogP contribution in [-0.4, -0.2) is 11.1 Å². The molecule has 0 heterocycles. The molecule has 1 N–H and O–H groups in total. The third kappa shape index (κ3) is 4.91. The quantitative estimate of drug-likeness (QED) is 0.406. The van der Waals surface area contributed by atoms with Gasteiger partial charge in [0.05, 0.1) is 0 Å². The molecule has 2 heteroatoms. The van der Waals surface area contributed by atoms with Crippen LogP contribution in [0.1, 0.15) is 90.4 Å². The Morgan fingerprint density at radius 1 is 0.667 bits per heavy atom. The van der Waals surface area contributed by atoms with Crippen LogP contribution in [-0.2, 0) is 4.79 Å². The smallest absolute Gasteiger partial charge is 0.303 e. The second-order valence-corrected chi connectivity index (χ2v) is 11.4. The molecular weight excluding hydrogens is 332 g/mol. The molecule has 152 valence electrons. The Morgan fingerprint density at radius 3 is 1.44 bits per heavy atom. The van der Waals surface area contributed by atoms with Crippen molar-refractivity contribution in [3.63, 3.8) is 0 Å². The van der Waals surface area contributed by atoms with Crippen molar-refractivity contribution in [3.8, 4) is 0 Å². The van der Waals surface area contributed by atoms with E-state index in [4.69, 9.17) is 5.11 Å². The minimum atomic E-state index is -0.622. The van der Waals surface area contributed by atoms with Crippen molar-refractivity contribution in [3.05, 3.63) is 0 Å². The molecular formula is C25H40O2. The van der Waals surface area contributed by atoms with Crippen molar-refractivity contribution < 1.29 is 9.90 Å². The fourth-order valence-corrected chi connectivity index (χ4v) is 6.79. The van der Waals surface area contributed by atoms with Crippen molar-refractivity contribution in [2.75, 3.05) is 0 Å². The van der Waals surface area contributed by atoms with Crippen LogP contribution in [0.4, 0.5) is 0 Å². The summed E-state index contributed by atoms with van der Waals surface area (Å²) in [5, 5.41) is 8.75. The highest BCUT2D eigenvalue weighted by atomic mass is 16.4. The summed E-state index contributed by atoms with van der Waals surface area (Å²) in [5.41, 5.74) is 0. The average molecular weight is 373 g/mol. The van der Waals surface area contributed by atoms with Crippen LogP contribution in [0.5, 0.6) is 0 Å². The van der Waals surface area contributed by atoms with Crippen molar-refractivity contribution in [2.45, 2.75) is 90.4 Å². The first kappa shape index (κ1) is 18.5. The predicted molar refractivity (Wildman–Crippen MR) is 108 cm³/mol. The molecule has 0 spiro atoms. The van der Waals surface area contributed by atoms with Gasteiger partial charge >= 0.3 is 5.97 Å². The summed E-state index contributed by atoms with van der Waals surface area (Å²) in [6, 6.07) is 0. The summed E-state index contributed by atoms with van der Waals surface area (Å²) in [6.07, 6.45) is 17.7. The van der Waals surface area contributed by atoms with E-state index in [1.807, 2.05) is 0 Å². The number of aliphatic carboxylic acids is 1. The van der Waals surface area contributed by atoms with Gasteiger partial charge < -0.3 is 5.11 Å². The monoisotopic (exact) mass is 372 g/mol. The van der Waals surface area contributed by atoms with E-state index in [2.05, 4.69) is 6.92 Å². The van der Waals surface area contributed by atoms with Crippen molar-refractivity contribution >= 4 is 5.97 Å². The van der Waals surface area contributed by atoms with Gasteiger partial charge in [-0.2, -0.15) is 0 Å². The van der Waals surface area contributed by atoms with Crippen molar-refractivity contribution in [1.82, 2.24) is 0 Å². The summed E-state index contributed by atoms with van der Waals surface area (Å²) in [5.74, 6) is 10.1. The third-order valence-electron chi connectivity index (χ3n) is 9.26. The fourth-order valence-electron chi connectivity index (χ4n) is 6.79. The molecule has 0 amide bonds. The van der Waals surface area contributed by atoms with Gasteiger partial charge in [0.15, 0.2) is 0 Å². The van der Waals surface area contributed by atoms with Gasteiger partial charge in [-0.05, 0) is 130 Å². The Balaban J connectivity index is 0.903. The van der Waals surface area contributed by atoms with Crippen molar-refractivity contribution in [1.29, 1.82) is 0 Å².